The van der Waals surface area contributed by atoms with Gasteiger partial charge in [-0.3, -0.25) is 0 Å². The Morgan fingerprint density at radius 1 is 1.07 bits per heavy atom. The van der Waals surface area contributed by atoms with Gasteiger partial charge in [-0.15, -0.1) is 22.7 Å². The van der Waals surface area contributed by atoms with Gasteiger partial charge >= 0.3 is 0 Å². The summed E-state index contributed by atoms with van der Waals surface area (Å²) in [5.74, 6) is 0.635. The van der Waals surface area contributed by atoms with Gasteiger partial charge in [0.25, 0.3) is 0 Å². The maximum Gasteiger partial charge on any atom is 0.138 e. The molecule has 2 heterocycles. The molecule has 2 aromatic rings. The van der Waals surface area contributed by atoms with Crippen molar-refractivity contribution >= 4 is 28.5 Å². The van der Waals surface area contributed by atoms with Crippen LogP contribution in [0.3, 0.4) is 0 Å². The summed E-state index contributed by atoms with van der Waals surface area (Å²) in [5.41, 5.74) is 6.76. The van der Waals surface area contributed by atoms with Crippen LogP contribution in [0.25, 0.3) is 9.88 Å². The Kier molecular flexibility index (Phi) is 2.28. The van der Waals surface area contributed by atoms with Crippen LogP contribution in [0.1, 0.15) is 15.6 Å². The summed E-state index contributed by atoms with van der Waals surface area (Å²) in [5, 5.41) is 2.06. The first-order chi connectivity index (χ1) is 6.58. The molecule has 0 aliphatic heterocycles. The van der Waals surface area contributed by atoms with Crippen molar-refractivity contribution in [1.82, 2.24) is 9.97 Å². The van der Waals surface area contributed by atoms with Crippen LogP contribution >= 0.6 is 22.7 Å². The summed E-state index contributed by atoms with van der Waals surface area (Å²) in [4.78, 5) is 10.9. The van der Waals surface area contributed by atoms with E-state index in [-0.39, 0.29) is 0 Å². The van der Waals surface area contributed by atoms with E-state index >= 15 is 0 Å². The average molecular weight is 225 g/mol. The molecule has 14 heavy (non-hydrogen) atoms. The van der Waals surface area contributed by atoms with Crippen molar-refractivity contribution in [3.8, 4) is 9.88 Å². The van der Waals surface area contributed by atoms with E-state index in [4.69, 9.17) is 5.73 Å². The van der Waals surface area contributed by atoms with E-state index in [2.05, 4.69) is 9.97 Å². The molecule has 0 aliphatic carbocycles. The minimum absolute atomic E-state index is 0.635. The molecule has 0 atom stereocenters. The van der Waals surface area contributed by atoms with E-state index in [1.54, 1.807) is 22.7 Å². The van der Waals surface area contributed by atoms with Crippen LogP contribution in [0.2, 0.25) is 0 Å². The van der Waals surface area contributed by atoms with Crippen molar-refractivity contribution in [2.24, 2.45) is 0 Å². The first kappa shape index (κ1) is 9.61. The van der Waals surface area contributed by atoms with Crippen LogP contribution in [0.15, 0.2) is 0 Å². The van der Waals surface area contributed by atoms with Gasteiger partial charge in [-0.25, -0.2) is 9.97 Å². The number of nitrogens with two attached hydrogens (primary N) is 1. The Bertz CT molecular complexity index is 451. The van der Waals surface area contributed by atoms with Crippen LogP contribution < -0.4 is 5.73 Å². The molecule has 2 aromatic heterocycles. The number of rotatable bonds is 1. The lowest BCUT2D eigenvalue weighted by Crippen LogP contribution is -1.85. The van der Waals surface area contributed by atoms with E-state index in [0.29, 0.717) is 5.82 Å². The minimum Gasteiger partial charge on any atom is -0.383 e. The van der Waals surface area contributed by atoms with Crippen LogP contribution in [0.4, 0.5) is 5.82 Å². The van der Waals surface area contributed by atoms with Gasteiger partial charge in [0.05, 0.1) is 15.6 Å². The molecular formula is C9H11N3S2. The standard InChI is InChI=1S/C9H11N3S2/c1-4-7(14-6(3)11-4)9-12-8(10)5(2)13-9/h10H2,1-3H3. The van der Waals surface area contributed by atoms with Crippen LogP contribution in [-0.4, -0.2) is 9.97 Å². The van der Waals surface area contributed by atoms with Gasteiger partial charge in [0.2, 0.25) is 0 Å². The van der Waals surface area contributed by atoms with Gasteiger partial charge in [-0.1, -0.05) is 0 Å². The minimum atomic E-state index is 0.635. The highest BCUT2D eigenvalue weighted by atomic mass is 32.1. The number of thiazole rings is 2. The second-order valence-corrected chi connectivity index (χ2v) is 5.51. The smallest absolute Gasteiger partial charge is 0.138 e. The normalized spacial score (nSPS) is 10.8. The molecule has 2 N–H and O–H groups in total. The highest BCUT2D eigenvalue weighted by Crippen LogP contribution is 2.34. The third-order valence-electron chi connectivity index (χ3n) is 1.93. The summed E-state index contributed by atoms with van der Waals surface area (Å²) in [6, 6.07) is 0. The number of anilines is 1. The van der Waals surface area contributed by atoms with Crippen molar-refractivity contribution in [2.75, 3.05) is 5.73 Å². The number of aromatic nitrogens is 2. The quantitative estimate of drug-likeness (QED) is 0.812. The molecule has 0 aliphatic rings. The third-order valence-corrected chi connectivity index (χ3v) is 4.14. The molecule has 0 aromatic carbocycles. The largest absolute Gasteiger partial charge is 0.383 e. The molecule has 3 nitrogen and oxygen atoms in total. The zero-order chi connectivity index (χ0) is 10.3. The molecular weight excluding hydrogens is 214 g/mol. The molecule has 0 unspecified atom stereocenters. The molecule has 0 radical (unpaired) electrons. The highest BCUT2D eigenvalue weighted by Gasteiger charge is 2.12. The van der Waals surface area contributed by atoms with E-state index in [1.165, 1.54) is 0 Å². The topological polar surface area (TPSA) is 51.8 Å². The number of hydrogen-bond donors (Lipinski definition) is 1. The number of nitrogens with zero attached hydrogens (tertiary/aromatic N) is 2. The Morgan fingerprint density at radius 2 is 1.79 bits per heavy atom. The van der Waals surface area contributed by atoms with Crippen LogP contribution in [-0.2, 0) is 0 Å². The number of aryl methyl sites for hydroxylation is 3. The van der Waals surface area contributed by atoms with Gasteiger partial charge < -0.3 is 5.73 Å². The van der Waals surface area contributed by atoms with Gasteiger partial charge in [-0.2, -0.15) is 0 Å². The fourth-order valence-corrected chi connectivity index (χ4v) is 3.11. The maximum atomic E-state index is 5.72. The second kappa shape index (κ2) is 3.33. The number of nitrogen functional groups attached to an aromatic ring is 1. The van der Waals surface area contributed by atoms with E-state index in [9.17, 15) is 0 Å². The lowest BCUT2D eigenvalue weighted by atomic mass is 10.4. The van der Waals surface area contributed by atoms with E-state index in [0.717, 1.165) is 25.5 Å². The molecule has 0 amide bonds. The Balaban J connectivity index is 2.54. The Labute approximate surface area is 90.6 Å². The van der Waals surface area contributed by atoms with Crippen molar-refractivity contribution in [1.29, 1.82) is 0 Å². The fraction of sp³-hybridized carbons (Fsp3) is 0.333. The number of hydrogen-bond acceptors (Lipinski definition) is 5. The molecule has 5 heteroatoms. The van der Waals surface area contributed by atoms with E-state index < -0.39 is 0 Å². The monoisotopic (exact) mass is 225 g/mol. The molecule has 74 valence electrons. The van der Waals surface area contributed by atoms with Crippen molar-refractivity contribution in [2.45, 2.75) is 20.8 Å². The Morgan fingerprint density at radius 3 is 2.21 bits per heavy atom. The average Bonchev–Trinajstić information content (AvgIpc) is 2.57. The highest BCUT2D eigenvalue weighted by molar-refractivity contribution is 7.21. The summed E-state index contributed by atoms with van der Waals surface area (Å²) in [6.07, 6.45) is 0. The lowest BCUT2D eigenvalue weighted by molar-refractivity contribution is 1.20. The summed E-state index contributed by atoms with van der Waals surface area (Å²) in [6.45, 7) is 6.00. The van der Waals surface area contributed by atoms with Crippen molar-refractivity contribution < 1.29 is 0 Å². The lowest BCUT2D eigenvalue weighted by Gasteiger charge is -1.89. The van der Waals surface area contributed by atoms with Gasteiger partial charge in [0.15, 0.2) is 0 Å². The summed E-state index contributed by atoms with van der Waals surface area (Å²) >= 11 is 3.30. The molecule has 0 bridgehead atoms. The van der Waals surface area contributed by atoms with E-state index in [1.807, 2.05) is 20.8 Å². The molecule has 0 spiro atoms. The fourth-order valence-electron chi connectivity index (χ4n) is 1.24. The zero-order valence-electron chi connectivity index (χ0n) is 8.29. The zero-order valence-corrected chi connectivity index (χ0v) is 9.92. The van der Waals surface area contributed by atoms with Crippen LogP contribution in [0.5, 0.6) is 0 Å². The first-order valence-electron chi connectivity index (χ1n) is 4.25. The molecule has 2 rings (SSSR count). The first-order valence-corrected chi connectivity index (χ1v) is 5.88. The van der Waals surface area contributed by atoms with Gasteiger partial charge in [0.1, 0.15) is 10.8 Å². The van der Waals surface area contributed by atoms with Crippen molar-refractivity contribution in [3.05, 3.63) is 15.6 Å². The van der Waals surface area contributed by atoms with Gasteiger partial charge in [0, 0.05) is 4.88 Å². The van der Waals surface area contributed by atoms with Gasteiger partial charge in [-0.05, 0) is 20.8 Å². The van der Waals surface area contributed by atoms with Crippen LogP contribution in [0, 0.1) is 20.8 Å². The Hall–Kier alpha value is -0.940. The second-order valence-electron chi connectivity index (χ2n) is 3.11. The maximum absolute atomic E-state index is 5.72. The summed E-state index contributed by atoms with van der Waals surface area (Å²) in [7, 11) is 0. The third kappa shape index (κ3) is 1.53. The predicted octanol–water partition coefficient (Wildman–Crippen LogP) is 2.77. The molecule has 0 saturated carbocycles. The van der Waals surface area contributed by atoms with Crippen molar-refractivity contribution in [3.63, 3.8) is 0 Å². The summed E-state index contributed by atoms with van der Waals surface area (Å²) < 4.78 is 0. The SMILES string of the molecule is Cc1nc(C)c(-c2nc(N)c(C)s2)s1. The molecule has 0 saturated heterocycles. The molecule has 0 fully saturated rings. The predicted molar refractivity (Wildman–Crippen MR) is 61.8 cm³/mol.